The summed E-state index contributed by atoms with van der Waals surface area (Å²) in [5.74, 6) is 1.02. The molecule has 0 aliphatic rings. The number of nitrogens with one attached hydrogen (secondary N) is 2. The Hall–Kier alpha value is -2.41. The molecule has 0 saturated heterocycles. The topological polar surface area (TPSA) is 106 Å². The van der Waals surface area contributed by atoms with Gasteiger partial charge in [-0.05, 0) is 19.1 Å². The third-order valence-corrected chi connectivity index (χ3v) is 2.50. The first-order chi connectivity index (χ1) is 9.11. The molecule has 7 heteroatoms. The number of H-pyrrole nitrogens is 1. The fourth-order valence-electron chi connectivity index (χ4n) is 1.50. The van der Waals surface area contributed by atoms with Crippen molar-refractivity contribution in [1.82, 2.24) is 15.2 Å². The molecule has 1 aromatic carbocycles. The van der Waals surface area contributed by atoms with Gasteiger partial charge in [0, 0.05) is 0 Å². The maximum Gasteiger partial charge on any atom is 0.249 e. The molecule has 19 heavy (non-hydrogen) atoms. The molecule has 2 aromatic rings. The van der Waals surface area contributed by atoms with Crippen molar-refractivity contribution in [3.8, 4) is 17.1 Å². The van der Waals surface area contributed by atoms with Crippen LogP contribution in [0, 0.1) is 0 Å². The number of amides is 1. The van der Waals surface area contributed by atoms with Crippen molar-refractivity contribution in [3.63, 3.8) is 0 Å². The van der Waals surface area contributed by atoms with Crippen LogP contribution in [0.4, 0.5) is 5.95 Å². The number of hydrogen-bond donors (Lipinski definition) is 3. The third kappa shape index (κ3) is 2.89. The van der Waals surface area contributed by atoms with Crippen LogP contribution in [0.5, 0.6) is 5.75 Å². The lowest BCUT2D eigenvalue weighted by molar-refractivity contribution is -0.117. The van der Waals surface area contributed by atoms with Crippen molar-refractivity contribution in [2.45, 2.75) is 13.0 Å². The molecule has 0 radical (unpaired) electrons. The number of aromatic nitrogens is 3. The molecule has 1 atom stereocenters. The van der Waals surface area contributed by atoms with E-state index in [1.54, 1.807) is 14.0 Å². The Balaban J connectivity index is 2.23. The Morgan fingerprint density at radius 1 is 1.47 bits per heavy atom. The first-order valence-electron chi connectivity index (χ1n) is 5.74. The molecule has 0 saturated carbocycles. The number of methoxy groups -OCH3 is 1. The van der Waals surface area contributed by atoms with Gasteiger partial charge in [0.25, 0.3) is 0 Å². The smallest absolute Gasteiger partial charge is 0.249 e. The van der Waals surface area contributed by atoms with Crippen molar-refractivity contribution in [1.29, 1.82) is 0 Å². The summed E-state index contributed by atoms with van der Waals surface area (Å²) in [6.45, 7) is 1.59. The van der Waals surface area contributed by atoms with E-state index in [1.807, 2.05) is 24.3 Å². The van der Waals surface area contributed by atoms with Crippen LogP contribution < -0.4 is 15.8 Å². The summed E-state index contributed by atoms with van der Waals surface area (Å²) in [6.07, 6.45) is 0. The standard InChI is InChI=1S/C12H15N5O2/c1-7(13)11(18)15-12-14-10(16-17-12)8-5-3-4-6-9(8)19-2/h3-7H,13H2,1-2H3,(H2,14,15,16,17,18). The average Bonchev–Trinajstić information content (AvgIpc) is 2.86. The van der Waals surface area contributed by atoms with Crippen LogP contribution in [0.15, 0.2) is 24.3 Å². The quantitative estimate of drug-likeness (QED) is 0.753. The number of carbonyl (C=O) groups is 1. The molecule has 0 spiro atoms. The van der Waals surface area contributed by atoms with E-state index in [9.17, 15) is 4.79 Å². The molecule has 4 N–H and O–H groups in total. The highest BCUT2D eigenvalue weighted by atomic mass is 16.5. The van der Waals surface area contributed by atoms with E-state index in [2.05, 4.69) is 20.5 Å². The van der Waals surface area contributed by atoms with Crippen molar-refractivity contribution in [2.24, 2.45) is 5.73 Å². The molecular weight excluding hydrogens is 246 g/mol. The van der Waals surface area contributed by atoms with E-state index in [0.717, 1.165) is 5.56 Å². The summed E-state index contributed by atoms with van der Waals surface area (Å²) < 4.78 is 5.23. The SMILES string of the molecule is COc1ccccc1-c1nc(NC(=O)C(C)N)n[nH]1. The Bertz CT molecular complexity index is 579. The second-order valence-corrected chi connectivity index (χ2v) is 3.99. The van der Waals surface area contributed by atoms with Gasteiger partial charge in [0.2, 0.25) is 11.9 Å². The zero-order chi connectivity index (χ0) is 13.8. The monoisotopic (exact) mass is 261 g/mol. The van der Waals surface area contributed by atoms with E-state index in [1.165, 1.54) is 0 Å². The minimum atomic E-state index is -0.617. The van der Waals surface area contributed by atoms with Crippen LogP contribution in [0.3, 0.4) is 0 Å². The van der Waals surface area contributed by atoms with Crippen molar-refractivity contribution in [3.05, 3.63) is 24.3 Å². The van der Waals surface area contributed by atoms with Crippen molar-refractivity contribution in [2.75, 3.05) is 12.4 Å². The first-order valence-corrected chi connectivity index (χ1v) is 5.74. The number of para-hydroxylation sites is 1. The van der Waals surface area contributed by atoms with Crippen LogP contribution >= 0.6 is 0 Å². The van der Waals surface area contributed by atoms with E-state index >= 15 is 0 Å². The van der Waals surface area contributed by atoms with Gasteiger partial charge in [-0.2, -0.15) is 4.98 Å². The van der Waals surface area contributed by atoms with Gasteiger partial charge in [-0.15, -0.1) is 5.10 Å². The Labute approximate surface area is 110 Å². The number of benzene rings is 1. The van der Waals surface area contributed by atoms with Gasteiger partial charge in [-0.3, -0.25) is 15.2 Å². The van der Waals surface area contributed by atoms with Crippen LogP contribution in [0.25, 0.3) is 11.4 Å². The van der Waals surface area contributed by atoms with E-state index < -0.39 is 6.04 Å². The number of nitrogens with zero attached hydrogens (tertiary/aromatic N) is 2. The number of ether oxygens (including phenoxy) is 1. The minimum Gasteiger partial charge on any atom is -0.496 e. The number of anilines is 1. The van der Waals surface area contributed by atoms with Crippen LogP contribution in [-0.4, -0.2) is 34.2 Å². The lowest BCUT2D eigenvalue weighted by Crippen LogP contribution is -2.32. The summed E-state index contributed by atoms with van der Waals surface area (Å²) in [5, 5.41) is 9.17. The fraction of sp³-hybridized carbons (Fsp3) is 0.250. The lowest BCUT2D eigenvalue weighted by Gasteiger charge is -2.04. The van der Waals surface area contributed by atoms with E-state index in [4.69, 9.17) is 10.5 Å². The maximum absolute atomic E-state index is 11.4. The van der Waals surface area contributed by atoms with E-state index in [0.29, 0.717) is 11.6 Å². The van der Waals surface area contributed by atoms with Gasteiger partial charge in [0.05, 0.1) is 18.7 Å². The van der Waals surface area contributed by atoms with Gasteiger partial charge in [-0.1, -0.05) is 12.1 Å². The summed E-state index contributed by atoms with van der Waals surface area (Å²) in [4.78, 5) is 15.6. The third-order valence-electron chi connectivity index (χ3n) is 2.50. The van der Waals surface area contributed by atoms with Gasteiger partial charge in [-0.25, -0.2) is 0 Å². The summed E-state index contributed by atoms with van der Waals surface area (Å²) in [6, 6.07) is 6.76. The normalized spacial score (nSPS) is 11.9. The van der Waals surface area contributed by atoms with E-state index in [-0.39, 0.29) is 11.9 Å². The number of aromatic amines is 1. The molecule has 1 unspecified atom stereocenters. The fourth-order valence-corrected chi connectivity index (χ4v) is 1.50. The minimum absolute atomic E-state index is 0.184. The summed E-state index contributed by atoms with van der Waals surface area (Å²) in [7, 11) is 1.58. The Morgan fingerprint density at radius 2 is 2.21 bits per heavy atom. The highest BCUT2D eigenvalue weighted by molar-refractivity contribution is 5.93. The molecule has 0 bridgehead atoms. The zero-order valence-electron chi connectivity index (χ0n) is 10.7. The highest BCUT2D eigenvalue weighted by Crippen LogP contribution is 2.26. The number of carbonyl (C=O) groups excluding carboxylic acids is 1. The molecule has 1 amide bonds. The first kappa shape index (κ1) is 13.0. The Kier molecular flexibility index (Phi) is 3.76. The van der Waals surface area contributed by atoms with Gasteiger partial charge >= 0.3 is 0 Å². The average molecular weight is 261 g/mol. The molecule has 2 rings (SSSR count). The molecule has 0 fully saturated rings. The summed E-state index contributed by atoms with van der Waals surface area (Å²) >= 11 is 0. The molecule has 1 aromatic heterocycles. The van der Waals surface area contributed by atoms with Gasteiger partial charge in [0.15, 0.2) is 5.82 Å². The molecule has 1 heterocycles. The lowest BCUT2D eigenvalue weighted by atomic mass is 10.2. The van der Waals surface area contributed by atoms with Crippen molar-refractivity contribution < 1.29 is 9.53 Å². The molecule has 7 nitrogen and oxygen atoms in total. The van der Waals surface area contributed by atoms with Crippen LogP contribution in [-0.2, 0) is 4.79 Å². The molecule has 100 valence electrons. The van der Waals surface area contributed by atoms with Gasteiger partial charge < -0.3 is 10.5 Å². The van der Waals surface area contributed by atoms with Crippen LogP contribution in [0.2, 0.25) is 0 Å². The van der Waals surface area contributed by atoms with Gasteiger partial charge in [0.1, 0.15) is 5.75 Å². The van der Waals surface area contributed by atoms with Crippen LogP contribution in [0.1, 0.15) is 6.92 Å². The predicted molar refractivity (Wildman–Crippen MR) is 70.6 cm³/mol. The zero-order valence-corrected chi connectivity index (χ0v) is 10.7. The number of rotatable bonds is 4. The largest absolute Gasteiger partial charge is 0.496 e. The number of hydrogen-bond acceptors (Lipinski definition) is 5. The summed E-state index contributed by atoms with van der Waals surface area (Å²) in [5.41, 5.74) is 6.21. The highest BCUT2D eigenvalue weighted by Gasteiger charge is 2.13. The maximum atomic E-state index is 11.4. The van der Waals surface area contributed by atoms with Crippen molar-refractivity contribution >= 4 is 11.9 Å². The Morgan fingerprint density at radius 3 is 2.89 bits per heavy atom. The predicted octanol–water partition coefficient (Wildman–Crippen LogP) is 0.766. The second kappa shape index (κ2) is 5.49. The molecule has 0 aliphatic carbocycles. The molecule has 0 aliphatic heterocycles. The number of nitrogens with two attached hydrogens (primary N) is 1. The second-order valence-electron chi connectivity index (χ2n) is 3.99. The molecular formula is C12H15N5O2.